The summed E-state index contributed by atoms with van der Waals surface area (Å²) >= 11 is 1.92. The minimum atomic E-state index is 0.646. The number of thiophene rings is 1. The summed E-state index contributed by atoms with van der Waals surface area (Å²) in [4.78, 5) is 0. The number of hydrogen-bond acceptors (Lipinski definition) is 1. The third kappa shape index (κ3) is 4.78. The van der Waals surface area contributed by atoms with E-state index in [9.17, 15) is 0 Å². The van der Waals surface area contributed by atoms with Crippen LogP contribution in [-0.2, 0) is 0 Å². The first-order valence-electron chi connectivity index (χ1n) is 21.6. The first kappa shape index (κ1) is 33.6. The van der Waals surface area contributed by atoms with Crippen LogP contribution >= 0.6 is 11.3 Å². The van der Waals surface area contributed by atoms with Crippen LogP contribution in [0.15, 0.2) is 194 Å². The molecule has 3 aliphatic carbocycles. The lowest BCUT2D eigenvalue weighted by atomic mass is 9.70. The molecule has 3 aliphatic rings. The fraction of sp³-hybridized carbons (Fsp3) is 0.0690. The molecule has 0 saturated heterocycles. The molecule has 0 atom stereocenters. The second-order valence-corrected chi connectivity index (χ2v) is 18.2. The summed E-state index contributed by atoms with van der Waals surface area (Å²) in [5.41, 5.74) is 18.2. The predicted molar refractivity (Wildman–Crippen MR) is 259 cm³/mol. The molecule has 15 rings (SSSR count). The van der Waals surface area contributed by atoms with Crippen molar-refractivity contribution in [1.82, 2.24) is 9.13 Å². The van der Waals surface area contributed by atoms with Crippen molar-refractivity contribution in [2.75, 3.05) is 0 Å². The van der Waals surface area contributed by atoms with Crippen LogP contribution in [0.5, 0.6) is 0 Å². The molecule has 12 aromatic rings. The summed E-state index contributed by atoms with van der Waals surface area (Å²) in [6.07, 6.45) is 2.53. The van der Waals surface area contributed by atoms with Gasteiger partial charge < -0.3 is 9.13 Å². The van der Waals surface area contributed by atoms with Crippen molar-refractivity contribution in [2.24, 2.45) is 0 Å². The summed E-state index contributed by atoms with van der Waals surface area (Å²) in [5.74, 6) is 1.32. The van der Waals surface area contributed by atoms with Crippen LogP contribution in [0.4, 0.5) is 0 Å². The van der Waals surface area contributed by atoms with Crippen LogP contribution in [0.25, 0.3) is 109 Å². The largest absolute Gasteiger partial charge is 0.309 e. The molecule has 0 N–H and O–H groups in total. The number of rotatable bonds is 4. The van der Waals surface area contributed by atoms with Crippen molar-refractivity contribution in [3.63, 3.8) is 0 Å². The van der Waals surface area contributed by atoms with Gasteiger partial charge in [-0.05, 0) is 130 Å². The number of benzene rings is 9. The van der Waals surface area contributed by atoms with Gasteiger partial charge in [-0.2, -0.15) is 0 Å². The molecule has 2 bridgehead atoms. The van der Waals surface area contributed by atoms with Crippen molar-refractivity contribution in [2.45, 2.75) is 24.7 Å². The van der Waals surface area contributed by atoms with Gasteiger partial charge in [0.2, 0.25) is 0 Å². The van der Waals surface area contributed by atoms with Gasteiger partial charge in [0.15, 0.2) is 0 Å². The molecule has 0 spiro atoms. The molecular weight excluding hydrogens is 757 g/mol. The highest BCUT2D eigenvalue weighted by molar-refractivity contribution is 7.26. The van der Waals surface area contributed by atoms with E-state index in [1.807, 2.05) is 11.3 Å². The molecular formula is C58H38N2S. The Kier molecular flexibility index (Phi) is 6.97. The summed E-state index contributed by atoms with van der Waals surface area (Å²) in [6, 6.07) is 72.9. The monoisotopic (exact) mass is 794 g/mol. The van der Waals surface area contributed by atoms with E-state index in [1.54, 1.807) is 0 Å². The highest BCUT2D eigenvalue weighted by Gasteiger charge is 2.37. The zero-order chi connectivity index (χ0) is 39.8. The van der Waals surface area contributed by atoms with Gasteiger partial charge in [0.1, 0.15) is 0 Å². The molecule has 0 aliphatic heterocycles. The molecule has 0 radical (unpaired) electrons. The Hall–Kier alpha value is -7.20. The van der Waals surface area contributed by atoms with Crippen LogP contribution in [0, 0.1) is 0 Å². The molecule has 0 unspecified atom stereocenters. The molecule has 3 heterocycles. The normalized spacial score (nSPS) is 15.7. The van der Waals surface area contributed by atoms with Gasteiger partial charge in [-0.15, -0.1) is 11.3 Å². The predicted octanol–water partition coefficient (Wildman–Crippen LogP) is 16.2. The van der Waals surface area contributed by atoms with Gasteiger partial charge in [-0.1, -0.05) is 127 Å². The van der Waals surface area contributed by atoms with Crippen LogP contribution in [0.2, 0.25) is 0 Å². The average molecular weight is 795 g/mol. The van der Waals surface area contributed by atoms with Crippen molar-refractivity contribution in [1.29, 1.82) is 0 Å². The summed E-state index contributed by atoms with van der Waals surface area (Å²) in [6.45, 7) is 0. The van der Waals surface area contributed by atoms with Crippen molar-refractivity contribution in [3.05, 3.63) is 205 Å². The summed E-state index contributed by atoms with van der Waals surface area (Å²) in [7, 11) is 0. The highest BCUT2D eigenvalue weighted by Crippen LogP contribution is 2.56. The standard InChI is InChI=1S/C58H38N2S/c1-2-13-39(14-3-1)59-52-21-9-6-17-45(52)50-32-35(26-28-54(50)59)43-20-12-23-55-57(43)47-19-7-10-22-53(47)60(55)40-33-48(58-51(34-40)46-18-8-11-24-56(46)61-58)36-25-27-42-38-29-37(30-38)41-15-4-5-16-44(41)49(42)31-36/h1-28,31-34,37-38H,29-30H2/t37-,38-. The first-order chi connectivity index (χ1) is 30.2. The van der Waals surface area contributed by atoms with E-state index in [0.717, 1.165) is 0 Å². The lowest BCUT2D eigenvalue weighted by Gasteiger charge is -2.34. The topological polar surface area (TPSA) is 9.86 Å². The second kappa shape index (κ2) is 12.7. The second-order valence-electron chi connectivity index (χ2n) is 17.2. The molecule has 3 heteroatoms. The molecule has 2 nitrogen and oxygen atoms in total. The maximum Gasteiger partial charge on any atom is 0.0547 e. The van der Waals surface area contributed by atoms with Gasteiger partial charge in [0.25, 0.3) is 0 Å². The minimum Gasteiger partial charge on any atom is -0.309 e. The van der Waals surface area contributed by atoms with Crippen molar-refractivity contribution < 1.29 is 0 Å². The smallest absolute Gasteiger partial charge is 0.0547 e. The van der Waals surface area contributed by atoms with Crippen LogP contribution in [-0.4, -0.2) is 9.13 Å². The maximum absolute atomic E-state index is 2.52. The van der Waals surface area contributed by atoms with Crippen LogP contribution in [0.3, 0.4) is 0 Å². The average Bonchev–Trinajstić information content (AvgIpc) is 3.90. The Labute approximate surface area is 357 Å². The minimum absolute atomic E-state index is 0.646. The maximum atomic E-state index is 2.52. The number of hydrogen-bond donors (Lipinski definition) is 0. The molecule has 3 aromatic heterocycles. The third-order valence-corrected chi connectivity index (χ3v) is 15.3. The number of nitrogens with zero attached hydrogens (tertiary/aromatic N) is 2. The zero-order valence-electron chi connectivity index (χ0n) is 33.3. The quantitative estimate of drug-likeness (QED) is 0.168. The van der Waals surface area contributed by atoms with E-state index in [0.29, 0.717) is 11.8 Å². The van der Waals surface area contributed by atoms with Gasteiger partial charge >= 0.3 is 0 Å². The molecule has 286 valence electrons. The Morgan fingerprint density at radius 2 is 0.984 bits per heavy atom. The van der Waals surface area contributed by atoms with E-state index in [1.165, 1.54) is 133 Å². The number of fused-ring (bicyclic) bond motifs is 9. The third-order valence-electron chi connectivity index (χ3n) is 14.0. The van der Waals surface area contributed by atoms with Crippen molar-refractivity contribution >= 4 is 75.1 Å². The first-order valence-corrected chi connectivity index (χ1v) is 22.4. The van der Waals surface area contributed by atoms with Gasteiger partial charge in [0.05, 0.1) is 22.1 Å². The SMILES string of the molecule is c1ccc(-n2c3ccccc3c3cc(-c4cccc5c4c4ccccc4n5-c4cc(-c5ccc6c(c5)-c5ccccc5[C@H]5C[C@H]6C5)c5sc6ccccc6c5c4)ccc32)cc1. The summed E-state index contributed by atoms with van der Waals surface area (Å²) in [5, 5.41) is 7.70. The number of para-hydroxylation sites is 3. The van der Waals surface area contributed by atoms with Gasteiger partial charge in [-0.3, -0.25) is 0 Å². The Bertz CT molecular complexity index is 3780. The Morgan fingerprint density at radius 3 is 1.85 bits per heavy atom. The van der Waals surface area contributed by atoms with Gasteiger partial charge in [-0.25, -0.2) is 0 Å². The van der Waals surface area contributed by atoms with E-state index < -0.39 is 0 Å². The van der Waals surface area contributed by atoms with Crippen molar-refractivity contribution in [3.8, 4) is 44.8 Å². The van der Waals surface area contributed by atoms with E-state index in [-0.39, 0.29) is 0 Å². The lowest BCUT2D eigenvalue weighted by Crippen LogP contribution is -2.17. The van der Waals surface area contributed by atoms with E-state index in [4.69, 9.17) is 0 Å². The Balaban J connectivity index is 1.01. The molecule has 61 heavy (non-hydrogen) atoms. The molecule has 9 aromatic carbocycles. The molecule has 1 saturated carbocycles. The van der Waals surface area contributed by atoms with E-state index >= 15 is 0 Å². The Morgan fingerprint density at radius 1 is 0.361 bits per heavy atom. The number of aromatic nitrogens is 2. The fourth-order valence-corrected chi connectivity index (χ4v) is 12.4. The van der Waals surface area contributed by atoms with Crippen LogP contribution in [0.1, 0.15) is 35.8 Å². The molecule has 0 amide bonds. The zero-order valence-corrected chi connectivity index (χ0v) is 34.2. The van der Waals surface area contributed by atoms with Gasteiger partial charge in [0, 0.05) is 58.7 Å². The van der Waals surface area contributed by atoms with Crippen LogP contribution < -0.4 is 0 Å². The fourth-order valence-electron chi connectivity index (χ4n) is 11.2. The molecule has 1 fully saturated rings. The summed E-state index contributed by atoms with van der Waals surface area (Å²) < 4.78 is 7.59. The van der Waals surface area contributed by atoms with E-state index in [2.05, 4.69) is 203 Å². The lowest BCUT2D eigenvalue weighted by molar-refractivity contribution is 0.357. The highest BCUT2D eigenvalue weighted by atomic mass is 32.1.